The number of fused-ring (bicyclic) bond motifs is 2. The Labute approximate surface area is 111 Å². The minimum absolute atomic E-state index is 0.0444. The van der Waals surface area contributed by atoms with Crippen molar-refractivity contribution in [2.24, 2.45) is 16.7 Å². The highest BCUT2D eigenvalue weighted by Gasteiger charge is 2.62. The molecule has 2 aliphatic rings. The van der Waals surface area contributed by atoms with Gasteiger partial charge < -0.3 is 9.22 Å². The van der Waals surface area contributed by atoms with E-state index in [4.69, 9.17) is 4.74 Å². The van der Waals surface area contributed by atoms with Crippen LogP contribution in [0.15, 0.2) is 0 Å². The topological polar surface area (TPSA) is 26.3 Å². The first kappa shape index (κ1) is 13.9. The van der Waals surface area contributed by atoms with E-state index in [1.165, 1.54) is 12.8 Å². The number of rotatable bonds is 3. The van der Waals surface area contributed by atoms with Gasteiger partial charge in [0.2, 0.25) is 0 Å². The van der Waals surface area contributed by atoms with Gasteiger partial charge in [0.1, 0.15) is 6.10 Å². The molecule has 0 aliphatic heterocycles. The van der Waals surface area contributed by atoms with Gasteiger partial charge in [-0.1, -0.05) is 20.8 Å². The second-order valence-corrected chi connectivity index (χ2v) is 8.04. The SMILES string of the molecule is CC1(C)[C@@H]2CC[C@@]1(C)[C@H](OC(=O)C[N+](C)(C)C)C2. The predicted molar refractivity (Wildman–Crippen MR) is 72.0 cm³/mol. The molecule has 0 spiro atoms. The molecule has 0 aromatic rings. The van der Waals surface area contributed by atoms with E-state index in [9.17, 15) is 4.79 Å². The fourth-order valence-corrected chi connectivity index (χ4v) is 3.89. The van der Waals surface area contributed by atoms with E-state index in [1.807, 2.05) is 21.1 Å². The fraction of sp³-hybridized carbons (Fsp3) is 0.933. The summed E-state index contributed by atoms with van der Waals surface area (Å²) in [7, 11) is 6.06. The van der Waals surface area contributed by atoms with Gasteiger partial charge in [-0.05, 0) is 30.6 Å². The zero-order valence-electron chi connectivity index (χ0n) is 12.7. The first-order chi connectivity index (χ1) is 8.06. The summed E-state index contributed by atoms with van der Waals surface area (Å²) in [6.45, 7) is 7.46. The largest absolute Gasteiger partial charge is 0.458 e. The zero-order valence-corrected chi connectivity index (χ0v) is 12.7. The maximum atomic E-state index is 12.0. The summed E-state index contributed by atoms with van der Waals surface area (Å²) in [5.74, 6) is 0.682. The quantitative estimate of drug-likeness (QED) is 0.571. The molecule has 2 bridgehead atoms. The van der Waals surface area contributed by atoms with Crippen molar-refractivity contribution in [3.63, 3.8) is 0 Å². The highest BCUT2D eigenvalue weighted by Crippen LogP contribution is 2.66. The summed E-state index contributed by atoms with van der Waals surface area (Å²) in [6, 6.07) is 0. The molecule has 2 fully saturated rings. The third kappa shape index (κ3) is 2.07. The molecular formula is C15H28NO2+. The minimum Gasteiger partial charge on any atom is -0.458 e. The average molecular weight is 254 g/mol. The summed E-state index contributed by atoms with van der Waals surface area (Å²) < 4.78 is 6.44. The highest BCUT2D eigenvalue weighted by molar-refractivity contribution is 5.71. The Morgan fingerprint density at radius 2 is 1.89 bits per heavy atom. The van der Waals surface area contributed by atoms with Crippen molar-refractivity contribution in [3.05, 3.63) is 0 Å². The predicted octanol–water partition coefficient (Wildman–Crippen LogP) is 2.45. The van der Waals surface area contributed by atoms with Gasteiger partial charge in [-0.3, -0.25) is 0 Å². The van der Waals surface area contributed by atoms with Crippen LogP contribution < -0.4 is 0 Å². The van der Waals surface area contributed by atoms with Gasteiger partial charge in [0, 0.05) is 5.41 Å². The molecule has 0 saturated heterocycles. The summed E-state index contributed by atoms with van der Waals surface area (Å²) in [5, 5.41) is 0. The van der Waals surface area contributed by atoms with E-state index in [0.717, 1.165) is 12.3 Å². The van der Waals surface area contributed by atoms with E-state index in [0.29, 0.717) is 16.4 Å². The van der Waals surface area contributed by atoms with Crippen LogP contribution in [-0.2, 0) is 9.53 Å². The molecule has 2 rings (SSSR count). The maximum absolute atomic E-state index is 12.0. The fourth-order valence-electron chi connectivity index (χ4n) is 3.89. The van der Waals surface area contributed by atoms with Gasteiger partial charge in [-0.2, -0.15) is 0 Å². The Hall–Kier alpha value is -0.570. The molecule has 0 radical (unpaired) electrons. The molecule has 0 amide bonds. The molecule has 0 heterocycles. The standard InChI is InChI=1S/C15H28NO2/c1-14(2)11-7-8-15(14,3)12(9-11)18-13(17)10-16(4,5)6/h11-12H,7-10H2,1-6H3/q+1/t11-,12-,15+/m1/s1. The molecule has 3 heteroatoms. The van der Waals surface area contributed by atoms with Crippen molar-refractivity contribution >= 4 is 5.97 Å². The van der Waals surface area contributed by atoms with Crippen LogP contribution in [0.25, 0.3) is 0 Å². The highest BCUT2D eigenvalue weighted by atomic mass is 16.5. The number of quaternary nitrogens is 1. The van der Waals surface area contributed by atoms with Gasteiger partial charge in [0.25, 0.3) is 0 Å². The summed E-state index contributed by atoms with van der Waals surface area (Å²) in [6.07, 6.45) is 3.69. The van der Waals surface area contributed by atoms with Crippen LogP contribution in [0.5, 0.6) is 0 Å². The smallest absolute Gasteiger partial charge is 0.362 e. The monoisotopic (exact) mass is 254 g/mol. The Morgan fingerprint density at radius 3 is 2.28 bits per heavy atom. The van der Waals surface area contributed by atoms with Crippen LogP contribution >= 0.6 is 0 Å². The average Bonchev–Trinajstić information content (AvgIpc) is 2.47. The lowest BCUT2D eigenvalue weighted by molar-refractivity contribution is -0.862. The van der Waals surface area contributed by atoms with Crippen LogP contribution in [-0.4, -0.2) is 44.2 Å². The number of nitrogens with zero attached hydrogens (tertiary/aromatic N) is 1. The Bertz CT molecular complexity index is 356. The number of carbonyl (C=O) groups is 1. The third-order valence-corrected chi connectivity index (χ3v) is 5.59. The van der Waals surface area contributed by atoms with Crippen LogP contribution in [0, 0.1) is 16.7 Å². The molecule has 0 unspecified atom stereocenters. The molecule has 18 heavy (non-hydrogen) atoms. The van der Waals surface area contributed by atoms with Crippen molar-refractivity contribution in [1.82, 2.24) is 0 Å². The van der Waals surface area contributed by atoms with E-state index in [2.05, 4.69) is 20.8 Å². The lowest BCUT2D eigenvalue weighted by Gasteiger charge is -2.38. The molecule has 0 aromatic heterocycles. The normalized spacial score (nSPS) is 37.9. The van der Waals surface area contributed by atoms with E-state index < -0.39 is 0 Å². The molecule has 0 aromatic carbocycles. The van der Waals surface area contributed by atoms with Crippen molar-refractivity contribution in [2.45, 2.75) is 46.1 Å². The minimum atomic E-state index is -0.0444. The van der Waals surface area contributed by atoms with Gasteiger partial charge in [0.05, 0.1) is 21.1 Å². The number of likely N-dealkylation sites (N-methyl/N-ethyl adjacent to an activating group) is 1. The second kappa shape index (κ2) is 3.96. The van der Waals surface area contributed by atoms with Crippen LogP contribution in [0.1, 0.15) is 40.0 Å². The van der Waals surface area contributed by atoms with Gasteiger partial charge in [-0.25, -0.2) is 4.79 Å². The van der Waals surface area contributed by atoms with Crippen molar-refractivity contribution in [2.75, 3.05) is 27.7 Å². The first-order valence-corrected chi connectivity index (χ1v) is 7.06. The Morgan fingerprint density at radius 1 is 1.28 bits per heavy atom. The first-order valence-electron chi connectivity index (χ1n) is 7.06. The van der Waals surface area contributed by atoms with E-state index >= 15 is 0 Å². The summed E-state index contributed by atoms with van der Waals surface area (Å²) in [4.78, 5) is 12.0. The molecule has 104 valence electrons. The van der Waals surface area contributed by atoms with Crippen LogP contribution in [0.4, 0.5) is 0 Å². The number of esters is 1. The molecule has 2 saturated carbocycles. The second-order valence-electron chi connectivity index (χ2n) is 8.04. The summed E-state index contributed by atoms with van der Waals surface area (Å²) >= 11 is 0. The van der Waals surface area contributed by atoms with Crippen LogP contribution in [0.3, 0.4) is 0 Å². The number of hydrogen-bond acceptors (Lipinski definition) is 2. The number of hydrogen-bond donors (Lipinski definition) is 0. The number of ether oxygens (including phenoxy) is 1. The van der Waals surface area contributed by atoms with Gasteiger partial charge in [0.15, 0.2) is 6.54 Å². The summed E-state index contributed by atoms with van der Waals surface area (Å²) in [5.41, 5.74) is 0.493. The molecule has 0 N–H and O–H groups in total. The molecule has 3 atom stereocenters. The molecule has 3 nitrogen and oxygen atoms in total. The third-order valence-electron chi connectivity index (χ3n) is 5.59. The van der Waals surface area contributed by atoms with Crippen molar-refractivity contribution < 1.29 is 14.0 Å². The zero-order chi connectivity index (χ0) is 13.8. The Kier molecular flexibility index (Phi) is 3.05. The molecule has 2 aliphatic carbocycles. The lowest BCUT2D eigenvalue weighted by atomic mass is 9.70. The van der Waals surface area contributed by atoms with E-state index in [-0.39, 0.29) is 17.5 Å². The van der Waals surface area contributed by atoms with Gasteiger partial charge in [-0.15, -0.1) is 0 Å². The van der Waals surface area contributed by atoms with Crippen LogP contribution in [0.2, 0.25) is 0 Å². The Balaban J connectivity index is 2.03. The molecular weight excluding hydrogens is 226 g/mol. The van der Waals surface area contributed by atoms with Crippen molar-refractivity contribution in [1.29, 1.82) is 0 Å². The lowest BCUT2D eigenvalue weighted by Crippen LogP contribution is -2.44. The maximum Gasteiger partial charge on any atom is 0.362 e. The van der Waals surface area contributed by atoms with Gasteiger partial charge >= 0.3 is 5.97 Å². The van der Waals surface area contributed by atoms with Crippen molar-refractivity contribution in [3.8, 4) is 0 Å². The van der Waals surface area contributed by atoms with E-state index in [1.54, 1.807) is 0 Å². The number of carbonyl (C=O) groups excluding carboxylic acids is 1.